The molecule has 8 nitrogen and oxygen atoms in total. The molecule has 3 heterocycles. The molecule has 8 heteroatoms. The molecule has 1 aliphatic heterocycles. The molecule has 122 valence electrons. The van der Waals surface area contributed by atoms with Crippen molar-refractivity contribution in [2.45, 2.75) is 32.8 Å². The van der Waals surface area contributed by atoms with E-state index in [1.165, 1.54) is 6.33 Å². The summed E-state index contributed by atoms with van der Waals surface area (Å²) in [5, 5.41) is 7.11. The standard InChI is InChI=1S/C15H20N6O2/c1-9(2)13-18-14(20-19-13)12-7-21(4-5-23-12)15(22)11-6-16-8-17-10(11)3/h6,8-9,12H,4-5,7H2,1-3H3,(H,18,19,20)/t12-/m0/s1. The van der Waals surface area contributed by atoms with Crippen LogP contribution >= 0.6 is 0 Å². The van der Waals surface area contributed by atoms with Crippen molar-refractivity contribution < 1.29 is 9.53 Å². The van der Waals surface area contributed by atoms with Gasteiger partial charge in [-0.3, -0.25) is 9.89 Å². The van der Waals surface area contributed by atoms with E-state index in [2.05, 4.69) is 25.1 Å². The first kappa shape index (κ1) is 15.5. The molecule has 1 aliphatic rings. The van der Waals surface area contributed by atoms with Crippen molar-refractivity contribution in [3.8, 4) is 0 Å². The molecule has 1 saturated heterocycles. The predicted molar refractivity (Wildman–Crippen MR) is 81.8 cm³/mol. The third-order valence-corrected chi connectivity index (χ3v) is 3.84. The van der Waals surface area contributed by atoms with Crippen LogP contribution in [0.4, 0.5) is 0 Å². The van der Waals surface area contributed by atoms with Gasteiger partial charge in [0.25, 0.3) is 5.91 Å². The van der Waals surface area contributed by atoms with Crippen LogP contribution in [0.5, 0.6) is 0 Å². The minimum absolute atomic E-state index is 0.0833. The fourth-order valence-electron chi connectivity index (χ4n) is 2.46. The second-order valence-corrected chi connectivity index (χ2v) is 5.87. The van der Waals surface area contributed by atoms with Crippen LogP contribution in [0, 0.1) is 6.92 Å². The lowest BCUT2D eigenvalue weighted by Gasteiger charge is -2.32. The summed E-state index contributed by atoms with van der Waals surface area (Å²) in [6.07, 6.45) is 2.70. The summed E-state index contributed by atoms with van der Waals surface area (Å²) >= 11 is 0. The number of hydrogen-bond donors (Lipinski definition) is 1. The number of hydrogen-bond acceptors (Lipinski definition) is 6. The van der Waals surface area contributed by atoms with E-state index in [4.69, 9.17) is 4.74 Å². The van der Waals surface area contributed by atoms with Gasteiger partial charge in [-0.2, -0.15) is 5.10 Å². The number of aromatic nitrogens is 5. The maximum absolute atomic E-state index is 12.7. The average Bonchev–Trinajstić information content (AvgIpc) is 3.05. The van der Waals surface area contributed by atoms with Crippen LogP contribution in [-0.2, 0) is 4.74 Å². The molecule has 2 aromatic heterocycles. The number of amides is 1. The molecule has 0 saturated carbocycles. The number of nitrogens with zero attached hydrogens (tertiary/aromatic N) is 5. The lowest BCUT2D eigenvalue weighted by molar-refractivity contribution is -0.0267. The monoisotopic (exact) mass is 316 g/mol. The zero-order valence-electron chi connectivity index (χ0n) is 13.5. The molecule has 0 aliphatic carbocycles. The summed E-state index contributed by atoms with van der Waals surface area (Å²) in [4.78, 5) is 26.9. The molecular weight excluding hydrogens is 296 g/mol. The van der Waals surface area contributed by atoms with E-state index in [9.17, 15) is 4.79 Å². The number of carbonyl (C=O) groups is 1. The first-order valence-electron chi connectivity index (χ1n) is 7.66. The Kier molecular flexibility index (Phi) is 4.33. The van der Waals surface area contributed by atoms with Crippen LogP contribution in [0.15, 0.2) is 12.5 Å². The predicted octanol–water partition coefficient (Wildman–Crippen LogP) is 1.24. The number of rotatable bonds is 3. The summed E-state index contributed by atoms with van der Waals surface area (Å²) in [6, 6.07) is 0. The maximum Gasteiger partial charge on any atom is 0.257 e. The van der Waals surface area contributed by atoms with E-state index >= 15 is 0 Å². The Hall–Kier alpha value is -2.35. The SMILES string of the molecule is Cc1ncncc1C(=O)N1CCO[C@H](c2nc(C(C)C)n[nH]2)C1. The molecule has 1 amide bonds. The molecule has 0 radical (unpaired) electrons. The highest BCUT2D eigenvalue weighted by Gasteiger charge is 2.29. The topological polar surface area (TPSA) is 96.9 Å². The Labute approximate surface area is 134 Å². The number of morpholine rings is 1. The lowest BCUT2D eigenvalue weighted by atomic mass is 10.2. The Morgan fingerprint density at radius 3 is 3.00 bits per heavy atom. The van der Waals surface area contributed by atoms with Crippen molar-refractivity contribution >= 4 is 5.91 Å². The van der Waals surface area contributed by atoms with E-state index in [1.807, 2.05) is 13.8 Å². The number of aryl methyl sites for hydroxylation is 1. The summed E-state index contributed by atoms with van der Waals surface area (Å²) in [5.74, 6) is 1.57. The van der Waals surface area contributed by atoms with Gasteiger partial charge >= 0.3 is 0 Å². The van der Waals surface area contributed by atoms with Crippen LogP contribution in [0.25, 0.3) is 0 Å². The Bertz CT molecular complexity index is 699. The van der Waals surface area contributed by atoms with Crippen molar-refractivity contribution in [1.82, 2.24) is 30.0 Å². The number of nitrogens with one attached hydrogen (secondary N) is 1. The highest BCUT2D eigenvalue weighted by Crippen LogP contribution is 2.22. The van der Waals surface area contributed by atoms with Crippen LogP contribution in [0.1, 0.15) is 53.6 Å². The first-order chi connectivity index (χ1) is 11.1. The van der Waals surface area contributed by atoms with E-state index in [0.29, 0.717) is 36.8 Å². The number of H-pyrrole nitrogens is 1. The second-order valence-electron chi connectivity index (χ2n) is 5.87. The van der Waals surface area contributed by atoms with Crippen LogP contribution in [0.2, 0.25) is 0 Å². The molecule has 1 fully saturated rings. The largest absolute Gasteiger partial charge is 0.367 e. The van der Waals surface area contributed by atoms with Gasteiger partial charge in [-0.05, 0) is 6.92 Å². The smallest absolute Gasteiger partial charge is 0.257 e. The summed E-state index contributed by atoms with van der Waals surface area (Å²) < 4.78 is 5.74. The Balaban J connectivity index is 1.75. The first-order valence-corrected chi connectivity index (χ1v) is 7.66. The van der Waals surface area contributed by atoms with E-state index < -0.39 is 0 Å². The zero-order valence-corrected chi connectivity index (χ0v) is 13.5. The molecule has 2 aromatic rings. The molecule has 0 bridgehead atoms. The van der Waals surface area contributed by atoms with Crippen molar-refractivity contribution in [3.63, 3.8) is 0 Å². The molecule has 1 atom stereocenters. The van der Waals surface area contributed by atoms with E-state index in [0.717, 1.165) is 5.82 Å². The fraction of sp³-hybridized carbons (Fsp3) is 0.533. The fourth-order valence-corrected chi connectivity index (χ4v) is 2.46. The van der Waals surface area contributed by atoms with Crippen LogP contribution < -0.4 is 0 Å². The van der Waals surface area contributed by atoms with Gasteiger partial charge in [0.15, 0.2) is 11.6 Å². The van der Waals surface area contributed by atoms with Crippen molar-refractivity contribution in [1.29, 1.82) is 0 Å². The van der Waals surface area contributed by atoms with E-state index in [-0.39, 0.29) is 17.9 Å². The summed E-state index contributed by atoms with van der Waals surface area (Å²) in [7, 11) is 0. The van der Waals surface area contributed by atoms with Gasteiger partial charge in [0.05, 0.1) is 24.4 Å². The molecule has 0 unspecified atom stereocenters. The molecule has 23 heavy (non-hydrogen) atoms. The van der Waals surface area contributed by atoms with Crippen molar-refractivity contribution in [3.05, 3.63) is 35.4 Å². The van der Waals surface area contributed by atoms with Crippen LogP contribution in [-0.4, -0.2) is 55.7 Å². The summed E-state index contributed by atoms with van der Waals surface area (Å²) in [5.41, 5.74) is 1.20. The zero-order chi connectivity index (χ0) is 16.4. The molecule has 3 rings (SSSR count). The van der Waals surface area contributed by atoms with E-state index in [1.54, 1.807) is 18.0 Å². The highest BCUT2D eigenvalue weighted by molar-refractivity contribution is 5.94. The number of aromatic amines is 1. The van der Waals surface area contributed by atoms with Crippen LogP contribution in [0.3, 0.4) is 0 Å². The molecule has 1 N–H and O–H groups in total. The minimum Gasteiger partial charge on any atom is -0.367 e. The second kappa shape index (κ2) is 6.41. The normalized spacial score (nSPS) is 18.4. The number of ether oxygens (including phenoxy) is 1. The third kappa shape index (κ3) is 3.21. The Morgan fingerprint density at radius 1 is 1.48 bits per heavy atom. The van der Waals surface area contributed by atoms with Gasteiger partial charge in [-0.1, -0.05) is 13.8 Å². The van der Waals surface area contributed by atoms with Gasteiger partial charge in [-0.25, -0.2) is 15.0 Å². The Morgan fingerprint density at radius 2 is 2.30 bits per heavy atom. The number of carbonyl (C=O) groups excluding carboxylic acids is 1. The van der Waals surface area contributed by atoms with Crippen molar-refractivity contribution in [2.75, 3.05) is 19.7 Å². The minimum atomic E-state index is -0.294. The average molecular weight is 316 g/mol. The van der Waals surface area contributed by atoms with Gasteiger partial charge < -0.3 is 9.64 Å². The van der Waals surface area contributed by atoms with Gasteiger partial charge in [-0.15, -0.1) is 0 Å². The maximum atomic E-state index is 12.7. The van der Waals surface area contributed by atoms with Crippen molar-refractivity contribution in [2.24, 2.45) is 0 Å². The molecular formula is C15H20N6O2. The highest BCUT2D eigenvalue weighted by atomic mass is 16.5. The quantitative estimate of drug-likeness (QED) is 0.915. The third-order valence-electron chi connectivity index (χ3n) is 3.84. The molecule has 0 aromatic carbocycles. The van der Waals surface area contributed by atoms with Gasteiger partial charge in [0.2, 0.25) is 0 Å². The van der Waals surface area contributed by atoms with Gasteiger partial charge in [0.1, 0.15) is 12.4 Å². The molecule has 0 spiro atoms. The lowest BCUT2D eigenvalue weighted by Crippen LogP contribution is -2.42. The van der Waals surface area contributed by atoms with Gasteiger partial charge in [0, 0.05) is 18.7 Å². The summed E-state index contributed by atoms with van der Waals surface area (Å²) in [6.45, 7) is 7.29.